The second-order valence-corrected chi connectivity index (χ2v) is 5.55. The van der Waals surface area contributed by atoms with Gasteiger partial charge in [0.15, 0.2) is 5.82 Å². The first-order chi connectivity index (χ1) is 10.5. The highest BCUT2D eigenvalue weighted by Crippen LogP contribution is 2.18. The van der Waals surface area contributed by atoms with E-state index < -0.39 is 0 Å². The molecule has 0 saturated heterocycles. The lowest BCUT2D eigenvalue weighted by Gasteiger charge is -2.25. The van der Waals surface area contributed by atoms with Crippen LogP contribution in [0.5, 0.6) is 0 Å². The van der Waals surface area contributed by atoms with Crippen molar-refractivity contribution in [1.29, 1.82) is 0 Å². The third kappa shape index (κ3) is 4.33. The summed E-state index contributed by atoms with van der Waals surface area (Å²) in [4.78, 5) is 14.0. The van der Waals surface area contributed by atoms with Crippen LogP contribution in [0.1, 0.15) is 22.9 Å². The van der Waals surface area contributed by atoms with Crippen LogP contribution < -0.4 is 10.6 Å². The van der Waals surface area contributed by atoms with E-state index in [4.69, 9.17) is 4.52 Å². The molecule has 22 heavy (non-hydrogen) atoms. The number of amides is 2. The van der Waals surface area contributed by atoms with Gasteiger partial charge in [0.2, 0.25) is 0 Å². The first kappa shape index (κ1) is 16.0. The third-order valence-electron chi connectivity index (χ3n) is 3.41. The summed E-state index contributed by atoms with van der Waals surface area (Å²) in [6.07, 6.45) is 0. The minimum Gasteiger partial charge on any atom is -0.360 e. The average Bonchev–Trinajstić information content (AvgIpc) is 2.86. The van der Waals surface area contributed by atoms with E-state index in [0.717, 1.165) is 5.56 Å². The summed E-state index contributed by atoms with van der Waals surface area (Å²) in [5.41, 5.74) is 2.38. The number of hydrogen-bond acceptors (Lipinski definition) is 4. The molecule has 1 aromatic carbocycles. The lowest BCUT2D eigenvalue weighted by atomic mass is 10.0. The van der Waals surface area contributed by atoms with Crippen LogP contribution in [-0.2, 0) is 0 Å². The second kappa shape index (κ2) is 7.09. The third-order valence-corrected chi connectivity index (χ3v) is 3.41. The number of benzene rings is 1. The standard InChI is InChI=1S/C16H22N4O2/c1-11-5-7-13(8-6-11)14(20(3)4)10-17-16(21)18-15-9-12(2)22-19-15/h5-9,14H,10H2,1-4H3,(H2,17,18,19,21)/t14-/m0/s1. The molecule has 118 valence electrons. The Kier molecular flexibility index (Phi) is 5.16. The molecule has 2 N–H and O–H groups in total. The van der Waals surface area contributed by atoms with Crippen LogP contribution in [0.25, 0.3) is 0 Å². The Balaban J connectivity index is 1.94. The second-order valence-electron chi connectivity index (χ2n) is 5.55. The van der Waals surface area contributed by atoms with Gasteiger partial charge in [-0.25, -0.2) is 4.79 Å². The number of nitrogens with zero attached hydrogens (tertiary/aromatic N) is 2. The molecule has 0 aliphatic carbocycles. The van der Waals surface area contributed by atoms with Gasteiger partial charge >= 0.3 is 6.03 Å². The maximum atomic E-state index is 11.9. The SMILES string of the molecule is Cc1ccc([C@H](CNC(=O)Nc2cc(C)on2)N(C)C)cc1. The zero-order valence-corrected chi connectivity index (χ0v) is 13.4. The van der Waals surface area contributed by atoms with E-state index in [1.165, 1.54) is 5.56 Å². The summed E-state index contributed by atoms with van der Waals surface area (Å²) in [6.45, 7) is 4.33. The number of carbonyl (C=O) groups excluding carboxylic acids is 1. The Labute approximate surface area is 130 Å². The molecular formula is C16H22N4O2. The molecule has 1 heterocycles. The first-order valence-electron chi connectivity index (χ1n) is 7.17. The van der Waals surface area contributed by atoms with E-state index in [-0.39, 0.29) is 12.1 Å². The van der Waals surface area contributed by atoms with Gasteiger partial charge in [-0.2, -0.15) is 0 Å². The summed E-state index contributed by atoms with van der Waals surface area (Å²) in [5.74, 6) is 1.06. The van der Waals surface area contributed by atoms with Crippen LogP contribution in [0.3, 0.4) is 0 Å². The van der Waals surface area contributed by atoms with Gasteiger partial charge < -0.3 is 14.7 Å². The Hall–Kier alpha value is -2.34. The largest absolute Gasteiger partial charge is 0.360 e. The van der Waals surface area contributed by atoms with Gasteiger partial charge in [0.05, 0.1) is 6.04 Å². The van der Waals surface area contributed by atoms with E-state index in [0.29, 0.717) is 18.1 Å². The van der Waals surface area contributed by atoms with Gasteiger partial charge in [-0.05, 0) is 33.5 Å². The van der Waals surface area contributed by atoms with E-state index in [1.807, 2.05) is 14.1 Å². The molecule has 1 atom stereocenters. The van der Waals surface area contributed by atoms with E-state index >= 15 is 0 Å². The maximum Gasteiger partial charge on any atom is 0.320 e. The van der Waals surface area contributed by atoms with Crippen LogP contribution in [0.15, 0.2) is 34.9 Å². The number of nitrogens with one attached hydrogen (secondary N) is 2. The van der Waals surface area contributed by atoms with Gasteiger partial charge in [-0.1, -0.05) is 35.0 Å². The number of aromatic nitrogens is 1. The topological polar surface area (TPSA) is 70.4 Å². The molecule has 0 radical (unpaired) electrons. The summed E-state index contributed by atoms with van der Waals surface area (Å²) < 4.78 is 4.91. The van der Waals surface area contributed by atoms with E-state index in [2.05, 4.69) is 51.9 Å². The fourth-order valence-corrected chi connectivity index (χ4v) is 2.16. The molecule has 0 unspecified atom stereocenters. The van der Waals surface area contributed by atoms with Gasteiger partial charge in [0.25, 0.3) is 0 Å². The highest BCUT2D eigenvalue weighted by molar-refractivity contribution is 5.88. The van der Waals surface area contributed by atoms with Gasteiger partial charge in [0.1, 0.15) is 5.76 Å². The van der Waals surface area contributed by atoms with Crippen LogP contribution in [0.4, 0.5) is 10.6 Å². The molecule has 0 saturated carbocycles. The number of aryl methyl sites for hydroxylation is 2. The van der Waals surface area contributed by atoms with Crippen LogP contribution >= 0.6 is 0 Å². The van der Waals surface area contributed by atoms with E-state index in [9.17, 15) is 4.79 Å². The maximum absolute atomic E-state index is 11.9. The molecule has 6 heteroatoms. The van der Waals surface area contributed by atoms with Crippen molar-refractivity contribution in [1.82, 2.24) is 15.4 Å². The molecule has 0 aliphatic rings. The number of urea groups is 1. The molecule has 2 aromatic rings. The zero-order valence-electron chi connectivity index (χ0n) is 13.4. The molecule has 2 rings (SSSR count). The minimum absolute atomic E-state index is 0.102. The summed E-state index contributed by atoms with van der Waals surface area (Å²) >= 11 is 0. The molecule has 0 aliphatic heterocycles. The van der Waals surface area contributed by atoms with Crippen molar-refractivity contribution in [3.8, 4) is 0 Å². The molecule has 2 amide bonds. The van der Waals surface area contributed by atoms with E-state index in [1.54, 1.807) is 13.0 Å². The highest BCUT2D eigenvalue weighted by atomic mass is 16.5. The normalized spacial score (nSPS) is 12.2. The lowest BCUT2D eigenvalue weighted by molar-refractivity contribution is 0.243. The number of carbonyl (C=O) groups is 1. The van der Waals surface area contributed by atoms with Crippen molar-refractivity contribution in [3.05, 3.63) is 47.2 Å². The lowest BCUT2D eigenvalue weighted by Crippen LogP contribution is -2.36. The van der Waals surface area contributed by atoms with Crippen molar-refractivity contribution in [2.75, 3.05) is 26.0 Å². The molecule has 1 aromatic heterocycles. The number of anilines is 1. The quantitative estimate of drug-likeness (QED) is 0.891. The molecule has 0 fully saturated rings. The number of likely N-dealkylation sites (N-methyl/N-ethyl adjacent to an activating group) is 1. The summed E-state index contributed by atoms with van der Waals surface area (Å²) in [6, 6.07) is 9.79. The Bertz CT molecular complexity index is 619. The summed E-state index contributed by atoms with van der Waals surface area (Å²) in [7, 11) is 3.98. The van der Waals surface area contributed by atoms with Crippen molar-refractivity contribution >= 4 is 11.8 Å². The number of hydrogen-bond donors (Lipinski definition) is 2. The van der Waals surface area contributed by atoms with Crippen molar-refractivity contribution in [3.63, 3.8) is 0 Å². The molecule has 0 bridgehead atoms. The molecule has 0 spiro atoms. The predicted octanol–water partition coefficient (Wildman–Crippen LogP) is 2.72. The van der Waals surface area contributed by atoms with Gasteiger partial charge in [-0.15, -0.1) is 0 Å². The zero-order chi connectivity index (χ0) is 16.1. The van der Waals surface area contributed by atoms with Crippen LogP contribution in [-0.4, -0.2) is 36.7 Å². The first-order valence-corrected chi connectivity index (χ1v) is 7.17. The van der Waals surface area contributed by atoms with Crippen LogP contribution in [0, 0.1) is 13.8 Å². The molecular weight excluding hydrogens is 280 g/mol. The Morgan fingerprint density at radius 3 is 2.50 bits per heavy atom. The highest BCUT2D eigenvalue weighted by Gasteiger charge is 2.15. The van der Waals surface area contributed by atoms with Crippen molar-refractivity contribution in [2.24, 2.45) is 0 Å². The average molecular weight is 302 g/mol. The smallest absolute Gasteiger partial charge is 0.320 e. The summed E-state index contributed by atoms with van der Waals surface area (Å²) in [5, 5.41) is 9.23. The Morgan fingerprint density at radius 1 is 1.27 bits per heavy atom. The van der Waals surface area contributed by atoms with Gasteiger partial charge in [-0.3, -0.25) is 5.32 Å². The molecule has 6 nitrogen and oxygen atoms in total. The number of rotatable bonds is 5. The monoisotopic (exact) mass is 302 g/mol. The van der Waals surface area contributed by atoms with Gasteiger partial charge in [0, 0.05) is 12.6 Å². The van der Waals surface area contributed by atoms with Crippen LogP contribution in [0.2, 0.25) is 0 Å². The minimum atomic E-state index is -0.299. The fourth-order valence-electron chi connectivity index (χ4n) is 2.16. The Morgan fingerprint density at radius 2 is 1.95 bits per heavy atom. The van der Waals surface area contributed by atoms with Crippen molar-refractivity contribution in [2.45, 2.75) is 19.9 Å². The fraction of sp³-hybridized carbons (Fsp3) is 0.375. The predicted molar refractivity (Wildman–Crippen MR) is 85.9 cm³/mol. The van der Waals surface area contributed by atoms with Crippen molar-refractivity contribution < 1.29 is 9.32 Å².